The fraction of sp³-hybridized carbons (Fsp3) is 0.190. The summed E-state index contributed by atoms with van der Waals surface area (Å²) >= 11 is 3.03. The SMILES string of the molecule is CC(NC(=O)CSc1n[nH]c(Cc2cccs2)n1)c1ccc2ccccc2c1. The summed E-state index contributed by atoms with van der Waals surface area (Å²) in [5.74, 6) is 1.07. The lowest BCUT2D eigenvalue weighted by atomic mass is 10.0. The molecule has 2 N–H and O–H groups in total. The zero-order valence-corrected chi connectivity index (χ0v) is 17.0. The molecule has 0 aliphatic rings. The zero-order valence-electron chi connectivity index (χ0n) is 15.4. The average molecular weight is 409 g/mol. The highest BCUT2D eigenvalue weighted by molar-refractivity contribution is 7.99. The standard InChI is InChI=1S/C21H20N4OS2/c1-14(16-9-8-15-5-2-3-6-17(15)11-16)22-20(26)13-28-21-23-19(24-25-21)12-18-7-4-10-27-18/h2-11,14H,12-13H2,1H3,(H,22,26)(H,23,24,25). The second kappa shape index (κ2) is 8.58. The largest absolute Gasteiger partial charge is 0.349 e. The first-order valence-electron chi connectivity index (χ1n) is 9.02. The summed E-state index contributed by atoms with van der Waals surface area (Å²) < 4.78 is 0. The molecule has 5 nitrogen and oxygen atoms in total. The number of fused-ring (bicyclic) bond motifs is 1. The van der Waals surface area contributed by atoms with Crippen molar-refractivity contribution in [3.63, 3.8) is 0 Å². The minimum absolute atomic E-state index is 0.0322. The van der Waals surface area contributed by atoms with Crippen molar-refractivity contribution >= 4 is 39.8 Å². The topological polar surface area (TPSA) is 70.7 Å². The molecule has 142 valence electrons. The molecule has 1 atom stereocenters. The Morgan fingerprint density at radius 1 is 1.18 bits per heavy atom. The molecule has 0 saturated carbocycles. The molecule has 0 spiro atoms. The third kappa shape index (κ3) is 4.61. The number of benzene rings is 2. The van der Waals surface area contributed by atoms with E-state index in [1.54, 1.807) is 11.3 Å². The number of carbonyl (C=O) groups excluding carboxylic acids is 1. The van der Waals surface area contributed by atoms with Crippen LogP contribution in [-0.2, 0) is 11.2 Å². The van der Waals surface area contributed by atoms with Crippen LogP contribution in [-0.4, -0.2) is 26.8 Å². The molecule has 0 aliphatic carbocycles. The third-order valence-electron chi connectivity index (χ3n) is 4.42. The molecule has 7 heteroatoms. The predicted octanol–water partition coefficient (Wildman–Crippen LogP) is 4.58. The molecule has 4 rings (SSSR count). The molecule has 0 bridgehead atoms. The summed E-state index contributed by atoms with van der Waals surface area (Å²) in [7, 11) is 0. The molecule has 2 heterocycles. The first kappa shape index (κ1) is 18.7. The van der Waals surface area contributed by atoms with Gasteiger partial charge < -0.3 is 5.32 Å². The summed E-state index contributed by atoms with van der Waals surface area (Å²) in [6, 6.07) is 18.5. The minimum Gasteiger partial charge on any atom is -0.349 e. The van der Waals surface area contributed by atoms with E-state index in [1.165, 1.54) is 27.4 Å². The summed E-state index contributed by atoms with van der Waals surface area (Å²) in [4.78, 5) is 18.0. The van der Waals surface area contributed by atoms with Gasteiger partial charge in [0.25, 0.3) is 0 Å². The number of rotatable bonds is 7. The van der Waals surface area contributed by atoms with E-state index in [2.05, 4.69) is 56.9 Å². The highest BCUT2D eigenvalue weighted by Gasteiger charge is 2.12. The zero-order chi connectivity index (χ0) is 19.3. The predicted molar refractivity (Wildman–Crippen MR) is 115 cm³/mol. The number of nitrogens with zero attached hydrogens (tertiary/aromatic N) is 2. The molecule has 0 aliphatic heterocycles. The van der Waals surface area contributed by atoms with E-state index in [-0.39, 0.29) is 17.7 Å². The molecule has 0 fully saturated rings. The van der Waals surface area contributed by atoms with Crippen molar-refractivity contribution < 1.29 is 4.79 Å². The van der Waals surface area contributed by atoms with E-state index < -0.39 is 0 Å². The molecular formula is C21H20N4OS2. The van der Waals surface area contributed by atoms with Crippen molar-refractivity contribution in [3.05, 3.63) is 76.2 Å². The lowest BCUT2D eigenvalue weighted by Crippen LogP contribution is -2.28. The van der Waals surface area contributed by atoms with Crippen LogP contribution < -0.4 is 5.32 Å². The number of thiophene rings is 1. The lowest BCUT2D eigenvalue weighted by Gasteiger charge is -2.14. The van der Waals surface area contributed by atoms with Crippen molar-refractivity contribution in [2.45, 2.75) is 24.5 Å². The Morgan fingerprint density at radius 3 is 2.86 bits per heavy atom. The van der Waals surface area contributed by atoms with Crippen LogP contribution in [0.5, 0.6) is 0 Å². The molecule has 4 aromatic rings. The smallest absolute Gasteiger partial charge is 0.230 e. The van der Waals surface area contributed by atoms with Crippen molar-refractivity contribution in [2.75, 3.05) is 5.75 Å². The molecule has 0 radical (unpaired) electrons. The number of carbonyl (C=O) groups is 1. The number of H-pyrrole nitrogens is 1. The number of aromatic nitrogens is 3. The van der Waals surface area contributed by atoms with E-state index in [1.807, 2.05) is 30.5 Å². The maximum Gasteiger partial charge on any atom is 0.230 e. The lowest BCUT2D eigenvalue weighted by molar-refractivity contribution is -0.119. The fourth-order valence-corrected chi connectivity index (χ4v) is 4.31. The maximum absolute atomic E-state index is 12.3. The van der Waals surface area contributed by atoms with E-state index in [0.29, 0.717) is 5.16 Å². The van der Waals surface area contributed by atoms with Crippen LogP contribution in [0.1, 0.15) is 29.2 Å². The van der Waals surface area contributed by atoms with E-state index in [0.717, 1.165) is 17.8 Å². The van der Waals surface area contributed by atoms with Gasteiger partial charge in [-0.2, -0.15) is 0 Å². The number of aromatic amines is 1. The van der Waals surface area contributed by atoms with E-state index >= 15 is 0 Å². The normalized spacial score (nSPS) is 12.2. The van der Waals surface area contributed by atoms with Gasteiger partial charge in [0.15, 0.2) is 0 Å². The number of amides is 1. The Balaban J connectivity index is 1.30. The van der Waals surface area contributed by atoms with E-state index in [9.17, 15) is 4.79 Å². The van der Waals surface area contributed by atoms with Gasteiger partial charge in [-0.3, -0.25) is 9.89 Å². The van der Waals surface area contributed by atoms with Crippen LogP contribution in [0.25, 0.3) is 10.8 Å². The maximum atomic E-state index is 12.3. The monoisotopic (exact) mass is 408 g/mol. The van der Waals surface area contributed by atoms with Crippen molar-refractivity contribution in [1.29, 1.82) is 0 Å². The van der Waals surface area contributed by atoms with Crippen LogP contribution >= 0.6 is 23.1 Å². The molecule has 1 amide bonds. The van der Waals surface area contributed by atoms with Gasteiger partial charge in [0.2, 0.25) is 11.1 Å². The number of nitrogens with one attached hydrogen (secondary N) is 2. The highest BCUT2D eigenvalue weighted by atomic mass is 32.2. The van der Waals surface area contributed by atoms with Crippen molar-refractivity contribution in [3.8, 4) is 0 Å². The summed E-state index contributed by atoms with van der Waals surface area (Å²) in [6.45, 7) is 2.00. The van der Waals surface area contributed by atoms with Crippen molar-refractivity contribution in [2.24, 2.45) is 0 Å². The molecule has 2 aromatic carbocycles. The van der Waals surface area contributed by atoms with Gasteiger partial charge in [0.05, 0.1) is 11.8 Å². The van der Waals surface area contributed by atoms with Gasteiger partial charge in [-0.25, -0.2) is 4.98 Å². The first-order valence-corrected chi connectivity index (χ1v) is 10.9. The fourth-order valence-electron chi connectivity index (χ4n) is 2.97. The van der Waals surface area contributed by atoms with Gasteiger partial charge in [-0.05, 0) is 40.8 Å². The Kier molecular flexibility index (Phi) is 5.73. The number of thioether (sulfide) groups is 1. The Hall–Kier alpha value is -2.64. The van der Waals surface area contributed by atoms with Gasteiger partial charge in [-0.15, -0.1) is 16.4 Å². The highest BCUT2D eigenvalue weighted by Crippen LogP contribution is 2.21. The number of hydrogen-bond donors (Lipinski definition) is 2. The van der Waals surface area contributed by atoms with Crippen LogP contribution in [0.15, 0.2) is 65.1 Å². The molecule has 0 saturated heterocycles. The van der Waals surface area contributed by atoms with Gasteiger partial charge in [-0.1, -0.05) is 54.2 Å². The molecule has 2 aromatic heterocycles. The van der Waals surface area contributed by atoms with Crippen LogP contribution in [0.3, 0.4) is 0 Å². The average Bonchev–Trinajstić information content (AvgIpc) is 3.38. The molecular weight excluding hydrogens is 388 g/mol. The Labute approximate surface area is 171 Å². The molecule has 1 unspecified atom stereocenters. The van der Waals surface area contributed by atoms with Crippen LogP contribution in [0.2, 0.25) is 0 Å². The van der Waals surface area contributed by atoms with Crippen LogP contribution in [0.4, 0.5) is 0 Å². The van der Waals surface area contributed by atoms with Gasteiger partial charge >= 0.3 is 0 Å². The Bertz CT molecular complexity index is 1070. The second-order valence-electron chi connectivity index (χ2n) is 6.51. The van der Waals surface area contributed by atoms with Gasteiger partial charge in [0, 0.05) is 11.3 Å². The first-order chi connectivity index (χ1) is 13.7. The summed E-state index contributed by atoms with van der Waals surface area (Å²) in [5, 5.41) is 15.2. The van der Waals surface area contributed by atoms with E-state index in [4.69, 9.17) is 0 Å². The molecule has 28 heavy (non-hydrogen) atoms. The third-order valence-corrected chi connectivity index (χ3v) is 6.14. The second-order valence-corrected chi connectivity index (χ2v) is 8.48. The van der Waals surface area contributed by atoms with Crippen molar-refractivity contribution in [1.82, 2.24) is 20.5 Å². The Morgan fingerprint density at radius 2 is 2.04 bits per heavy atom. The minimum atomic E-state index is -0.0563. The van der Waals surface area contributed by atoms with Crippen LogP contribution in [0, 0.1) is 0 Å². The number of hydrogen-bond acceptors (Lipinski definition) is 5. The summed E-state index contributed by atoms with van der Waals surface area (Å²) in [5.41, 5.74) is 1.09. The quantitative estimate of drug-likeness (QED) is 0.439. The van der Waals surface area contributed by atoms with Gasteiger partial charge in [0.1, 0.15) is 5.82 Å². The summed E-state index contributed by atoms with van der Waals surface area (Å²) in [6.07, 6.45) is 0.733.